The average Bonchev–Trinajstić information content (AvgIpc) is 2.58. The number of aromatic nitrogens is 1. The Bertz CT molecular complexity index is 644. The second-order valence-corrected chi connectivity index (χ2v) is 4.51. The summed E-state index contributed by atoms with van der Waals surface area (Å²) in [4.78, 5) is 27.2. The third kappa shape index (κ3) is 4.59. The van der Waals surface area contributed by atoms with Crippen LogP contribution in [0, 0.1) is 0 Å². The predicted octanol–water partition coefficient (Wildman–Crippen LogP) is 1.48. The fraction of sp³-hybridized carbons (Fsp3) is 0.188. The summed E-state index contributed by atoms with van der Waals surface area (Å²) in [5.41, 5.74) is 5.90. The zero-order chi connectivity index (χ0) is 15.8. The molecule has 1 aromatic carbocycles. The highest BCUT2D eigenvalue weighted by Crippen LogP contribution is 2.13. The van der Waals surface area contributed by atoms with Crippen LogP contribution in [0.4, 0.5) is 0 Å². The molecular weight excluding hydrogens is 282 g/mol. The van der Waals surface area contributed by atoms with E-state index in [2.05, 4.69) is 15.8 Å². The highest BCUT2D eigenvalue weighted by atomic mass is 16.5. The monoisotopic (exact) mass is 299 g/mol. The first kappa shape index (κ1) is 15.5. The summed E-state index contributed by atoms with van der Waals surface area (Å²) in [5, 5.41) is 0. The topological polar surface area (TPSA) is 80.3 Å². The van der Waals surface area contributed by atoms with E-state index >= 15 is 0 Å². The van der Waals surface area contributed by atoms with Crippen LogP contribution in [0.15, 0.2) is 48.7 Å². The van der Waals surface area contributed by atoms with Gasteiger partial charge in [-0.1, -0.05) is 25.1 Å². The number of carbonyl (C=O) groups excluding carboxylic acids is 2. The number of hydrazine groups is 1. The fourth-order valence-corrected chi connectivity index (χ4v) is 1.73. The molecule has 0 aliphatic rings. The van der Waals surface area contributed by atoms with Gasteiger partial charge < -0.3 is 4.74 Å². The molecule has 6 nitrogen and oxygen atoms in total. The Hall–Kier alpha value is -2.89. The van der Waals surface area contributed by atoms with Crippen LogP contribution >= 0.6 is 0 Å². The normalized spacial score (nSPS) is 9.86. The zero-order valence-electron chi connectivity index (χ0n) is 12.2. The molecule has 0 spiro atoms. The SMILES string of the molecule is CCc1cccc(OCC(=O)NNC(=O)c2ccccn2)c1. The molecule has 0 unspecified atom stereocenters. The number of amides is 2. The van der Waals surface area contributed by atoms with Crippen molar-refractivity contribution in [2.45, 2.75) is 13.3 Å². The molecule has 1 heterocycles. The lowest BCUT2D eigenvalue weighted by molar-refractivity contribution is -0.123. The van der Waals surface area contributed by atoms with E-state index in [1.807, 2.05) is 25.1 Å². The Labute approximate surface area is 128 Å². The minimum Gasteiger partial charge on any atom is -0.484 e. The number of nitrogens with one attached hydrogen (secondary N) is 2. The summed E-state index contributed by atoms with van der Waals surface area (Å²) >= 11 is 0. The Balaban J connectivity index is 1.77. The van der Waals surface area contributed by atoms with Gasteiger partial charge in [0.25, 0.3) is 11.8 Å². The number of benzene rings is 1. The van der Waals surface area contributed by atoms with Crippen molar-refractivity contribution < 1.29 is 14.3 Å². The molecule has 2 aromatic rings. The molecule has 0 atom stereocenters. The Morgan fingerprint density at radius 3 is 2.73 bits per heavy atom. The number of hydrogen-bond donors (Lipinski definition) is 2. The summed E-state index contributed by atoms with van der Waals surface area (Å²) in [6, 6.07) is 12.4. The quantitative estimate of drug-likeness (QED) is 0.820. The second-order valence-electron chi connectivity index (χ2n) is 4.51. The lowest BCUT2D eigenvalue weighted by Crippen LogP contribution is -2.44. The van der Waals surface area contributed by atoms with Crippen LogP contribution in [0.2, 0.25) is 0 Å². The third-order valence-corrected chi connectivity index (χ3v) is 2.89. The minimum absolute atomic E-state index is 0.185. The van der Waals surface area contributed by atoms with Gasteiger partial charge in [-0.25, -0.2) is 0 Å². The highest BCUT2D eigenvalue weighted by molar-refractivity contribution is 5.93. The van der Waals surface area contributed by atoms with Gasteiger partial charge >= 0.3 is 0 Å². The molecule has 0 aliphatic carbocycles. The van der Waals surface area contributed by atoms with Crippen molar-refractivity contribution in [2.75, 3.05) is 6.61 Å². The van der Waals surface area contributed by atoms with Gasteiger partial charge in [0.2, 0.25) is 0 Å². The molecule has 0 fully saturated rings. The molecule has 0 saturated heterocycles. The van der Waals surface area contributed by atoms with Gasteiger partial charge in [0, 0.05) is 6.20 Å². The summed E-state index contributed by atoms with van der Waals surface area (Å²) in [5.74, 6) is -0.321. The Kier molecular flexibility index (Phi) is 5.48. The van der Waals surface area contributed by atoms with Gasteiger partial charge in [0.15, 0.2) is 6.61 Å². The van der Waals surface area contributed by atoms with Crippen LogP contribution in [0.25, 0.3) is 0 Å². The van der Waals surface area contributed by atoms with Gasteiger partial charge in [0.1, 0.15) is 11.4 Å². The van der Waals surface area contributed by atoms with E-state index in [9.17, 15) is 9.59 Å². The van der Waals surface area contributed by atoms with Crippen molar-refractivity contribution in [3.05, 3.63) is 59.9 Å². The number of nitrogens with zero attached hydrogens (tertiary/aromatic N) is 1. The zero-order valence-corrected chi connectivity index (χ0v) is 12.2. The maximum Gasteiger partial charge on any atom is 0.288 e. The fourth-order valence-electron chi connectivity index (χ4n) is 1.73. The van der Waals surface area contributed by atoms with E-state index < -0.39 is 11.8 Å². The third-order valence-electron chi connectivity index (χ3n) is 2.89. The minimum atomic E-state index is -0.484. The summed E-state index contributed by atoms with van der Waals surface area (Å²) in [6.07, 6.45) is 2.39. The van der Waals surface area contributed by atoms with Gasteiger partial charge in [-0.15, -0.1) is 0 Å². The van der Waals surface area contributed by atoms with Crippen LogP contribution in [-0.2, 0) is 11.2 Å². The van der Waals surface area contributed by atoms with Gasteiger partial charge in [-0.2, -0.15) is 0 Å². The van der Waals surface area contributed by atoms with Crippen molar-refractivity contribution in [2.24, 2.45) is 0 Å². The lowest BCUT2D eigenvalue weighted by Gasteiger charge is -2.09. The van der Waals surface area contributed by atoms with Crippen molar-refractivity contribution in [1.82, 2.24) is 15.8 Å². The predicted molar refractivity (Wildman–Crippen MR) is 81.2 cm³/mol. The number of pyridine rings is 1. The maximum atomic E-state index is 11.7. The van der Waals surface area contributed by atoms with E-state index in [-0.39, 0.29) is 12.3 Å². The molecule has 2 amide bonds. The van der Waals surface area contributed by atoms with E-state index in [1.54, 1.807) is 24.3 Å². The maximum absolute atomic E-state index is 11.7. The molecule has 22 heavy (non-hydrogen) atoms. The molecule has 2 rings (SSSR count). The summed E-state index contributed by atoms with van der Waals surface area (Å²) in [6.45, 7) is 1.86. The highest BCUT2D eigenvalue weighted by Gasteiger charge is 2.08. The Morgan fingerprint density at radius 2 is 2.00 bits per heavy atom. The molecule has 114 valence electrons. The lowest BCUT2D eigenvalue weighted by atomic mass is 10.2. The van der Waals surface area contributed by atoms with Crippen LogP contribution in [0.5, 0.6) is 5.75 Å². The first-order valence-electron chi connectivity index (χ1n) is 6.91. The van der Waals surface area contributed by atoms with E-state index in [4.69, 9.17) is 4.74 Å². The van der Waals surface area contributed by atoms with Crippen molar-refractivity contribution in [3.63, 3.8) is 0 Å². The van der Waals surface area contributed by atoms with Crippen LogP contribution < -0.4 is 15.6 Å². The van der Waals surface area contributed by atoms with Crippen LogP contribution in [0.3, 0.4) is 0 Å². The largest absolute Gasteiger partial charge is 0.484 e. The van der Waals surface area contributed by atoms with Gasteiger partial charge in [-0.3, -0.25) is 25.4 Å². The van der Waals surface area contributed by atoms with E-state index in [0.29, 0.717) is 5.75 Å². The van der Waals surface area contributed by atoms with E-state index in [1.165, 1.54) is 6.20 Å². The number of ether oxygens (including phenoxy) is 1. The Morgan fingerprint density at radius 1 is 1.14 bits per heavy atom. The number of hydrogen-bond acceptors (Lipinski definition) is 4. The van der Waals surface area contributed by atoms with Crippen molar-refractivity contribution in [1.29, 1.82) is 0 Å². The molecule has 0 aliphatic heterocycles. The number of carbonyl (C=O) groups is 2. The summed E-state index contributed by atoms with van der Waals surface area (Å²) in [7, 11) is 0. The molecule has 0 bridgehead atoms. The number of aryl methyl sites for hydroxylation is 1. The average molecular weight is 299 g/mol. The molecule has 0 radical (unpaired) electrons. The second kappa shape index (κ2) is 7.78. The van der Waals surface area contributed by atoms with Crippen molar-refractivity contribution >= 4 is 11.8 Å². The van der Waals surface area contributed by atoms with Crippen LogP contribution in [0.1, 0.15) is 23.0 Å². The summed E-state index contributed by atoms with van der Waals surface area (Å²) < 4.78 is 5.37. The standard InChI is InChI=1S/C16H17N3O3/c1-2-12-6-5-7-13(10-12)22-11-15(20)18-19-16(21)14-8-3-4-9-17-14/h3-10H,2,11H2,1H3,(H,18,20)(H,19,21). The molecule has 1 aromatic heterocycles. The van der Waals surface area contributed by atoms with E-state index in [0.717, 1.165) is 12.0 Å². The molecule has 2 N–H and O–H groups in total. The van der Waals surface area contributed by atoms with Gasteiger partial charge in [-0.05, 0) is 36.2 Å². The number of rotatable bonds is 5. The first-order chi connectivity index (χ1) is 10.7. The first-order valence-corrected chi connectivity index (χ1v) is 6.91. The smallest absolute Gasteiger partial charge is 0.288 e. The molecule has 6 heteroatoms. The van der Waals surface area contributed by atoms with Gasteiger partial charge in [0.05, 0.1) is 0 Å². The molecule has 0 saturated carbocycles. The molecular formula is C16H17N3O3. The van der Waals surface area contributed by atoms with Crippen molar-refractivity contribution in [3.8, 4) is 5.75 Å². The van der Waals surface area contributed by atoms with Crippen LogP contribution in [-0.4, -0.2) is 23.4 Å².